The van der Waals surface area contributed by atoms with Crippen LogP contribution in [0.3, 0.4) is 0 Å². The smallest absolute Gasteiger partial charge is 0.372 e. The fourth-order valence-electron chi connectivity index (χ4n) is 1.29. The van der Waals surface area contributed by atoms with Crippen LogP contribution in [0.1, 0.15) is 16.2 Å². The van der Waals surface area contributed by atoms with Crippen LogP contribution < -0.4 is 0 Å². The summed E-state index contributed by atoms with van der Waals surface area (Å²) in [6, 6.07) is 1.84. The second-order valence-corrected chi connectivity index (χ2v) is 3.75. The van der Waals surface area contributed by atoms with Gasteiger partial charge in [0.1, 0.15) is 0 Å². The SMILES string of the molecule is Cc1ccn2c(C(=O)O)ncc2c1Br. The van der Waals surface area contributed by atoms with E-state index >= 15 is 0 Å². The van der Waals surface area contributed by atoms with Crippen molar-refractivity contribution >= 4 is 27.4 Å². The molecule has 1 N–H and O–H groups in total. The lowest BCUT2D eigenvalue weighted by Gasteiger charge is -2.01. The molecule has 0 atom stereocenters. The average Bonchev–Trinajstić information content (AvgIpc) is 2.55. The second-order valence-electron chi connectivity index (χ2n) is 2.95. The van der Waals surface area contributed by atoms with Gasteiger partial charge in [-0.1, -0.05) is 0 Å². The van der Waals surface area contributed by atoms with E-state index in [1.807, 2.05) is 13.0 Å². The molecule has 2 aromatic rings. The Kier molecular flexibility index (Phi) is 2.03. The predicted molar refractivity (Wildman–Crippen MR) is 54.6 cm³/mol. The molecule has 0 aromatic carbocycles. The summed E-state index contributed by atoms with van der Waals surface area (Å²) in [5.41, 5.74) is 1.82. The molecule has 2 aromatic heterocycles. The molecule has 2 heterocycles. The third-order valence-electron chi connectivity index (χ3n) is 2.03. The number of halogens is 1. The van der Waals surface area contributed by atoms with Crippen LogP contribution in [-0.4, -0.2) is 20.5 Å². The van der Waals surface area contributed by atoms with Crippen molar-refractivity contribution in [1.82, 2.24) is 9.38 Å². The number of imidazole rings is 1. The Balaban J connectivity index is 2.83. The Morgan fingerprint density at radius 2 is 2.36 bits per heavy atom. The first-order valence-electron chi connectivity index (χ1n) is 3.96. The first-order valence-corrected chi connectivity index (χ1v) is 4.76. The minimum Gasteiger partial charge on any atom is -0.475 e. The highest BCUT2D eigenvalue weighted by molar-refractivity contribution is 9.10. The number of aromatic carboxylic acids is 1. The van der Waals surface area contributed by atoms with E-state index in [1.54, 1.807) is 16.8 Å². The number of fused-ring (bicyclic) bond motifs is 1. The summed E-state index contributed by atoms with van der Waals surface area (Å²) in [4.78, 5) is 14.6. The summed E-state index contributed by atoms with van der Waals surface area (Å²) < 4.78 is 2.42. The number of carbonyl (C=O) groups is 1. The fraction of sp³-hybridized carbons (Fsp3) is 0.111. The molecule has 0 fully saturated rings. The summed E-state index contributed by atoms with van der Waals surface area (Å²) in [7, 11) is 0. The molecule has 2 rings (SSSR count). The zero-order valence-corrected chi connectivity index (χ0v) is 8.95. The number of hydrogen-bond acceptors (Lipinski definition) is 2. The third-order valence-corrected chi connectivity index (χ3v) is 3.06. The van der Waals surface area contributed by atoms with Gasteiger partial charge in [0, 0.05) is 10.7 Å². The molecular weight excluding hydrogens is 248 g/mol. The Labute approximate surface area is 88.3 Å². The highest BCUT2D eigenvalue weighted by Crippen LogP contribution is 2.22. The van der Waals surface area contributed by atoms with E-state index < -0.39 is 5.97 Å². The average molecular weight is 255 g/mol. The fourth-order valence-corrected chi connectivity index (χ4v) is 1.72. The van der Waals surface area contributed by atoms with Gasteiger partial charge in [-0.05, 0) is 34.5 Å². The second kappa shape index (κ2) is 3.09. The molecule has 0 aliphatic rings. The Hall–Kier alpha value is -1.36. The van der Waals surface area contributed by atoms with Crippen molar-refractivity contribution in [3.63, 3.8) is 0 Å². The van der Waals surface area contributed by atoms with Gasteiger partial charge in [-0.2, -0.15) is 0 Å². The van der Waals surface area contributed by atoms with Crippen LogP contribution in [0.4, 0.5) is 0 Å². The van der Waals surface area contributed by atoms with Crippen molar-refractivity contribution in [2.75, 3.05) is 0 Å². The molecule has 14 heavy (non-hydrogen) atoms. The summed E-state index contributed by atoms with van der Waals surface area (Å²) in [5, 5.41) is 8.83. The number of rotatable bonds is 1. The Bertz CT molecular complexity index is 519. The third kappa shape index (κ3) is 1.21. The maximum atomic E-state index is 10.8. The Morgan fingerprint density at radius 3 is 3.00 bits per heavy atom. The number of pyridine rings is 1. The predicted octanol–water partition coefficient (Wildman–Crippen LogP) is 2.10. The topological polar surface area (TPSA) is 54.6 Å². The van der Waals surface area contributed by atoms with Gasteiger partial charge in [0.05, 0.1) is 11.7 Å². The maximum Gasteiger partial charge on any atom is 0.372 e. The van der Waals surface area contributed by atoms with Gasteiger partial charge < -0.3 is 5.11 Å². The summed E-state index contributed by atoms with van der Waals surface area (Å²) in [6.45, 7) is 1.94. The number of hydrogen-bond donors (Lipinski definition) is 1. The van der Waals surface area contributed by atoms with E-state index in [-0.39, 0.29) is 5.82 Å². The van der Waals surface area contributed by atoms with Gasteiger partial charge in [-0.25, -0.2) is 9.78 Å². The van der Waals surface area contributed by atoms with Crippen LogP contribution in [0.5, 0.6) is 0 Å². The molecule has 0 unspecified atom stereocenters. The molecule has 0 spiro atoms. The summed E-state index contributed by atoms with van der Waals surface area (Å²) in [6.07, 6.45) is 3.24. The van der Waals surface area contributed by atoms with Crippen molar-refractivity contribution in [1.29, 1.82) is 0 Å². The monoisotopic (exact) mass is 254 g/mol. The minimum atomic E-state index is -1.03. The number of nitrogens with zero attached hydrogens (tertiary/aromatic N) is 2. The molecule has 5 heteroatoms. The lowest BCUT2D eigenvalue weighted by molar-refractivity contribution is 0.0683. The van der Waals surface area contributed by atoms with E-state index in [0.717, 1.165) is 15.6 Å². The zero-order chi connectivity index (χ0) is 10.3. The number of aromatic nitrogens is 2. The standard InChI is InChI=1S/C9H7BrN2O2/c1-5-2-3-12-6(7(5)10)4-11-8(12)9(13)14/h2-4H,1H3,(H,13,14). The number of carboxylic acid groups (broad SMARTS) is 1. The van der Waals surface area contributed by atoms with Crippen molar-refractivity contribution in [2.45, 2.75) is 6.92 Å². The quantitative estimate of drug-likeness (QED) is 0.848. The molecule has 0 aliphatic carbocycles. The first-order chi connectivity index (χ1) is 6.61. The zero-order valence-electron chi connectivity index (χ0n) is 7.36. The number of aryl methyl sites for hydroxylation is 1. The highest BCUT2D eigenvalue weighted by atomic mass is 79.9. The van der Waals surface area contributed by atoms with Crippen molar-refractivity contribution in [3.8, 4) is 0 Å². The molecule has 0 bridgehead atoms. The molecular formula is C9H7BrN2O2. The van der Waals surface area contributed by atoms with E-state index in [4.69, 9.17) is 5.11 Å². The van der Waals surface area contributed by atoms with Gasteiger partial charge in [-0.15, -0.1) is 0 Å². The minimum absolute atomic E-state index is 0.0284. The van der Waals surface area contributed by atoms with Gasteiger partial charge >= 0.3 is 5.97 Å². The van der Waals surface area contributed by atoms with Gasteiger partial charge in [-0.3, -0.25) is 4.40 Å². The van der Waals surface area contributed by atoms with Crippen molar-refractivity contribution < 1.29 is 9.90 Å². The van der Waals surface area contributed by atoms with Crippen LogP contribution >= 0.6 is 15.9 Å². The molecule has 0 saturated carbocycles. The molecule has 0 aliphatic heterocycles. The normalized spacial score (nSPS) is 10.7. The lowest BCUT2D eigenvalue weighted by Crippen LogP contribution is -2.03. The van der Waals surface area contributed by atoms with Crippen LogP contribution in [-0.2, 0) is 0 Å². The first kappa shape index (κ1) is 9.21. The molecule has 72 valence electrons. The lowest BCUT2D eigenvalue weighted by atomic mass is 10.3. The van der Waals surface area contributed by atoms with Crippen LogP contribution in [0, 0.1) is 6.92 Å². The molecule has 0 radical (unpaired) electrons. The van der Waals surface area contributed by atoms with Crippen LogP contribution in [0.25, 0.3) is 5.52 Å². The van der Waals surface area contributed by atoms with E-state index in [0.29, 0.717) is 0 Å². The van der Waals surface area contributed by atoms with Gasteiger partial charge in [0.2, 0.25) is 5.82 Å². The van der Waals surface area contributed by atoms with Crippen LogP contribution in [0.15, 0.2) is 22.9 Å². The molecule has 0 saturated heterocycles. The summed E-state index contributed by atoms with van der Waals surface area (Å²) >= 11 is 3.39. The molecule has 4 nitrogen and oxygen atoms in total. The molecule has 0 amide bonds. The summed E-state index contributed by atoms with van der Waals surface area (Å²) in [5.74, 6) is -0.999. The van der Waals surface area contributed by atoms with Crippen molar-refractivity contribution in [2.24, 2.45) is 0 Å². The Morgan fingerprint density at radius 1 is 1.64 bits per heavy atom. The number of carboxylic acids is 1. The van der Waals surface area contributed by atoms with Gasteiger partial charge in [0.15, 0.2) is 0 Å². The maximum absolute atomic E-state index is 10.8. The van der Waals surface area contributed by atoms with Crippen LogP contribution in [0.2, 0.25) is 0 Å². The van der Waals surface area contributed by atoms with E-state index in [9.17, 15) is 4.79 Å². The van der Waals surface area contributed by atoms with Gasteiger partial charge in [0.25, 0.3) is 0 Å². The van der Waals surface area contributed by atoms with E-state index in [2.05, 4.69) is 20.9 Å². The van der Waals surface area contributed by atoms with E-state index in [1.165, 1.54) is 0 Å². The highest BCUT2D eigenvalue weighted by Gasteiger charge is 2.12. The largest absolute Gasteiger partial charge is 0.475 e. The van der Waals surface area contributed by atoms with Crippen molar-refractivity contribution in [3.05, 3.63) is 34.3 Å².